The summed E-state index contributed by atoms with van der Waals surface area (Å²) in [6.45, 7) is 1.45. The summed E-state index contributed by atoms with van der Waals surface area (Å²) in [6.07, 6.45) is 4.70. The molecule has 0 atom stereocenters. The van der Waals surface area contributed by atoms with Gasteiger partial charge in [-0.15, -0.1) is 0 Å². The Hall–Kier alpha value is -3.43. The topological polar surface area (TPSA) is 119 Å². The van der Waals surface area contributed by atoms with E-state index >= 15 is 0 Å². The Labute approximate surface area is 226 Å². The van der Waals surface area contributed by atoms with Crippen LogP contribution in [-0.4, -0.2) is 46.9 Å². The van der Waals surface area contributed by atoms with E-state index in [0.717, 1.165) is 38.5 Å². The molecule has 1 saturated carbocycles. The molecule has 1 fully saturated rings. The summed E-state index contributed by atoms with van der Waals surface area (Å²) >= 11 is 5.86. The number of ether oxygens (including phenoxy) is 1. The van der Waals surface area contributed by atoms with Gasteiger partial charge in [0.1, 0.15) is 5.82 Å². The molecule has 3 aromatic rings. The van der Waals surface area contributed by atoms with Gasteiger partial charge in [0.2, 0.25) is 11.7 Å². The van der Waals surface area contributed by atoms with Crippen LogP contribution in [0.3, 0.4) is 0 Å². The molecule has 0 radical (unpaired) electrons. The molecule has 10 heteroatoms. The van der Waals surface area contributed by atoms with Gasteiger partial charge in [0.25, 0.3) is 0 Å². The number of hydrogen-bond donors (Lipinski definition) is 2. The van der Waals surface area contributed by atoms with E-state index < -0.39 is 12.0 Å². The van der Waals surface area contributed by atoms with Crippen LogP contribution in [0.15, 0.2) is 53.1 Å². The van der Waals surface area contributed by atoms with E-state index in [-0.39, 0.29) is 45.2 Å². The zero-order valence-corrected chi connectivity index (χ0v) is 22.5. The first-order valence-corrected chi connectivity index (χ1v) is 12.7. The molecule has 1 aliphatic rings. The third-order valence-corrected chi connectivity index (χ3v) is 7.50. The van der Waals surface area contributed by atoms with Crippen molar-refractivity contribution in [1.82, 2.24) is 10.1 Å². The third kappa shape index (κ3) is 7.11. The second-order valence-corrected chi connectivity index (χ2v) is 10.1. The Bertz CT molecular complexity index is 1220. The summed E-state index contributed by atoms with van der Waals surface area (Å²) in [6, 6.07) is 14.7. The fourth-order valence-corrected chi connectivity index (χ4v) is 5.09. The molecule has 0 saturated heterocycles. The number of carbonyl (C=O) groups excluding carboxylic acids is 1. The quantitative estimate of drug-likeness (QED) is 0.344. The Morgan fingerprint density at radius 1 is 1.18 bits per heavy atom. The Kier molecular flexibility index (Phi) is 9.88. The van der Waals surface area contributed by atoms with Gasteiger partial charge in [0.15, 0.2) is 11.5 Å². The van der Waals surface area contributed by atoms with Gasteiger partial charge in [-0.3, -0.25) is 4.79 Å². The van der Waals surface area contributed by atoms with Crippen LogP contribution in [0.5, 0.6) is 5.75 Å². The minimum Gasteiger partial charge on any atom is -0.449 e. The number of aromatic nitrogens is 1. The molecule has 0 unspecified atom stereocenters. The van der Waals surface area contributed by atoms with Gasteiger partial charge in [0.05, 0.1) is 10.6 Å². The maximum absolute atomic E-state index is 13.7. The molecule has 0 spiro atoms. The number of hydrogen-bond acceptors (Lipinski definition) is 6. The van der Waals surface area contributed by atoms with Crippen LogP contribution in [-0.2, 0) is 11.2 Å². The Morgan fingerprint density at radius 3 is 2.39 bits per heavy atom. The normalized spacial score (nSPS) is 18.9. The first-order valence-electron chi connectivity index (χ1n) is 12.4. The van der Waals surface area contributed by atoms with Gasteiger partial charge in [-0.2, -0.15) is 0 Å². The van der Waals surface area contributed by atoms with Crippen LogP contribution < -0.4 is 10.5 Å². The number of carbonyl (C=O) groups is 2. The fourth-order valence-electron chi connectivity index (χ4n) is 4.84. The number of aryl methyl sites for hydroxylation is 2. The van der Waals surface area contributed by atoms with E-state index in [0.29, 0.717) is 0 Å². The van der Waals surface area contributed by atoms with Crippen molar-refractivity contribution >= 4 is 23.7 Å². The molecule has 8 nitrogen and oxygen atoms in total. The zero-order valence-electron chi connectivity index (χ0n) is 21.7. The van der Waals surface area contributed by atoms with Crippen molar-refractivity contribution in [2.45, 2.75) is 51.0 Å². The van der Waals surface area contributed by atoms with E-state index in [9.17, 15) is 14.0 Å². The molecule has 0 bridgehead atoms. The van der Waals surface area contributed by atoms with Crippen molar-refractivity contribution in [3.05, 3.63) is 70.7 Å². The average molecular weight is 546 g/mol. The number of halogens is 2. The lowest BCUT2D eigenvalue weighted by molar-refractivity contribution is -0.123. The van der Waals surface area contributed by atoms with E-state index in [1.165, 1.54) is 30.7 Å². The van der Waals surface area contributed by atoms with E-state index in [2.05, 4.69) is 59.2 Å². The number of primary amides is 1. The predicted molar refractivity (Wildman–Crippen MR) is 143 cm³/mol. The van der Waals surface area contributed by atoms with Crippen molar-refractivity contribution in [3.63, 3.8) is 0 Å². The number of rotatable bonds is 7. The molecule has 1 aliphatic carbocycles. The molecule has 3 N–H and O–H groups in total. The zero-order chi connectivity index (χ0) is 27.9. The summed E-state index contributed by atoms with van der Waals surface area (Å²) in [5, 5.41) is 12.3. The van der Waals surface area contributed by atoms with E-state index in [1.807, 2.05) is 0 Å². The van der Waals surface area contributed by atoms with Gasteiger partial charge in [-0.25, -0.2) is 9.18 Å². The standard InChI is InChI=1S/C17H26N2O.C11H7ClFNO4/c1-19(2)17(11-8-14-6-4-3-5-7-14)12-9-15(10-13-17)16(18)20;1-5-10(17-11(15)16)9(14-18-5)8-6(12)3-2-4-7(8)13/h3-7,15H,8-13H2,1-2H3,(H2,18,20);2-4H,1H3,(H,15,16). The fraction of sp³-hybridized carbons (Fsp3) is 0.393. The highest BCUT2D eigenvalue weighted by Gasteiger charge is 2.38. The summed E-state index contributed by atoms with van der Waals surface area (Å²) in [5.41, 5.74) is 6.91. The molecule has 38 heavy (non-hydrogen) atoms. The summed E-state index contributed by atoms with van der Waals surface area (Å²) in [4.78, 5) is 24.2. The van der Waals surface area contributed by atoms with Crippen molar-refractivity contribution in [2.24, 2.45) is 11.7 Å². The lowest BCUT2D eigenvalue weighted by Gasteiger charge is -2.45. The average Bonchev–Trinajstić information content (AvgIpc) is 3.23. The number of benzene rings is 2. The molecular formula is C28H33ClFN3O5. The monoisotopic (exact) mass is 545 g/mol. The van der Waals surface area contributed by atoms with Crippen molar-refractivity contribution < 1.29 is 28.3 Å². The summed E-state index contributed by atoms with van der Waals surface area (Å²) in [7, 11) is 4.32. The first-order chi connectivity index (χ1) is 18.0. The van der Waals surface area contributed by atoms with Gasteiger partial charge >= 0.3 is 6.16 Å². The third-order valence-electron chi connectivity index (χ3n) is 7.19. The van der Waals surface area contributed by atoms with Crippen molar-refractivity contribution in [3.8, 4) is 17.0 Å². The van der Waals surface area contributed by atoms with Gasteiger partial charge in [-0.05, 0) is 70.3 Å². The van der Waals surface area contributed by atoms with Gasteiger partial charge in [-0.1, -0.05) is 53.2 Å². The summed E-state index contributed by atoms with van der Waals surface area (Å²) in [5.74, 6) is -0.743. The Balaban J connectivity index is 0.000000212. The van der Waals surface area contributed by atoms with Crippen molar-refractivity contribution in [2.75, 3.05) is 14.1 Å². The van der Waals surface area contributed by atoms with Crippen LogP contribution in [0.1, 0.15) is 43.4 Å². The lowest BCUT2D eigenvalue weighted by atomic mass is 9.72. The molecule has 1 amide bonds. The number of carboxylic acid groups (broad SMARTS) is 1. The number of nitrogens with two attached hydrogens (primary N) is 1. The largest absolute Gasteiger partial charge is 0.511 e. The highest BCUT2D eigenvalue weighted by atomic mass is 35.5. The second-order valence-electron chi connectivity index (χ2n) is 9.66. The Morgan fingerprint density at radius 2 is 1.84 bits per heavy atom. The molecular weight excluding hydrogens is 513 g/mol. The van der Waals surface area contributed by atoms with Gasteiger partial charge < -0.3 is 25.0 Å². The molecule has 2 aromatic carbocycles. The van der Waals surface area contributed by atoms with Crippen LogP contribution in [0.2, 0.25) is 5.02 Å². The first kappa shape index (κ1) is 29.1. The van der Waals surface area contributed by atoms with Crippen LogP contribution in [0.25, 0.3) is 11.3 Å². The number of nitrogens with zero attached hydrogens (tertiary/aromatic N) is 2. The smallest absolute Gasteiger partial charge is 0.449 e. The van der Waals surface area contributed by atoms with Crippen LogP contribution in [0, 0.1) is 18.7 Å². The molecule has 1 heterocycles. The van der Waals surface area contributed by atoms with Crippen LogP contribution in [0.4, 0.5) is 9.18 Å². The van der Waals surface area contributed by atoms with E-state index in [1.54, 1.807) is 0 Å². The number of amides is 1. The molecule has 0 aliphatic heterocycles. The second kappa shape index (κ2) is 12.9. The van der Waals surface area contributed by atoms with E-state index in [4.69, 9.17) is 27.0 Å². The highest BCUT2D eigenvalue weighted by Crippen LogP contribution is 2.39. The molecule has 1 aromatic heterocycles. The predicted octanol–water partition coefficient (Wildman–Crippen LogP) is 6.09. The molecule has 4 rings (SSSR count). The van der Waals surface area contributed by atoms with Crippen molar-refractivity contribution in [1.29, 1.82) is 0 Å². The maximum Gasteiger partial charge on any atom is 0.511 e. The van der Waals surface area contributed by atoms with Crippen LogP contribution >= 0.6 is 11.6 Å². The minimum atomic E-state index is -1.55. The maximum atomic E-state index is 13.7. The minimum absolute atomic E-state index is 0.0627. The lowest BCUT2D eigenvalue weighted by Crippen LogP contribution is -2.48. The SMILES string of the molecule is CN(C)C1(CCc2ccccc2)CCC(C(N)=O)CC1.Cc1onc(-c2c(F)cccc2Cl)c1OC(=O)O. The molecule has 204 valence electrons. The highest BCUT2D eigenvalue weighted by molar-refractivity contribution is 6.33. The van der Waals surface area contributed by atoms with Gasteiger partial charge in [0, 0.05) is 18.4 Å². The summed E-state index contributed by atoms with van der Waals surface area (Å²) < 4.78 is 23.0.